The zero-order valence-electron chi connectivity index (χ0n) is 11.9. The van der Waals surface area contributed by atoms with Crippen LogP contribution in [-0.2, 0) is 0 Å². The van der Waals surface area contributed by atoms with Gasteiger partial charge in [0.1, 0.15) is 5.75 Å². The Balaban J connectivity index is 0.000000218. The molecule has 3 nitrogen and oxygen atoms in total. The topological polar surface area (TPSA) is 52.5 Å². The van der Waals surface area contributed by atoms with Crippen LogP contribution in [0.3, 0.4) is 0 Å². The largest absolute Gasteiger partial charge is 0.508 e. The Labute approximate surface area is 116 Å². The van der Waals surface area contributed by atoms with Gasteiger partial charge in [-0.05, 0) is 44.4 Å². The molecule has 108 valence electrons. The molecule has 1 aromatic carbocycles. The Morgan fingerprint density at radius 2 is 1.79 bits per heavy atom. The summed E-state index contributed by atoms with van der Waals surface area (Å²) in [6.07, 6.45) is 6.79. The summed E-state index contributed by atoms with van der Waals surface area (Å²) in [6, 6.07) is 8.71. The van der Waals surface area contributed by atoms with Crippen LogP contribution in [0.15, 0.2) is 30.3 Å². The summed E-state index contributed by atoms with van der Waals surface area (Å²) in [6.45, 7) is 3.68. The molecular weight excluding hydrogens is 238 g/mol. The molecule has 3 N–H and O–H groups in total. The average molecular weight is 265 g/mol. The number of nitrogens with one attached hydrogen (secondary N) is 1. The fourth-order valence-electron chi connectivity index (χ4n) is 2.32. The molecule has 3 heteroatoms. The third kappa shape index (κ3) is 8.62. The first-order valence-corrected chi connectivity index (χ1v) is 7.31. The Kier molecular flexibility index (Phi) is 8.26. The summed E-state index contributed by atoms with van der Waals surface area (Å²) in [5.74, 6) is 1.19. The molecule has 0 spiro atoms. The van der Waals surface area contributed by atoms with Crippen molar-refractivity contribution in [1.29, 1.82) is 0 Å². The molecule has 1 saturated carbocycles. The van der Waals surface area contributed by atoms with Crippen LogP contribution in [0.5, 0.6) is 5.75 Å². The fourth-order valence-corrected chi connectivity index (χ4v) is 2.32. The van der Waals surface area contributed by atoms with Gasteiger partial charge in [-0.25, -0.2) is 0 Å². The average Bonchev–Trinajstić information content (AvgIpc) is 2.41. The van der Waals surface area contributed by atoms with E-state index in [2.05, 4.69) is 5.32 Å². The van der Waals surface area contributed by atoms with Crippen LogP contribution in [0.1, 0.15) is 39.0 Å². The molecular formula is C16H27NO2. The predicted molar refractivity (Wildman–Crippen MR) is 79.2 cm³/mol. The molecule has 0 amide bonds. The lowest BCUT2D eigenvalue weighted by atomic mass is 9.89. The lowest BCUT2D eigenvalue weighted by molar-refractivity contribution is 0.187. The van der Waals surface area contributed by atoms with Crippen molar-refractivity contribution in [3.8, 4) is 5.75 Å². The highest BCUT2D eigenvalue weighted by Gasteiger charge is 2.12. The Bertz CT molecular complexity index is 308. The highest BCUT2D eigenvalue weighted by atomic mass is 16.3. The van der Waals surface area contributed by atoms with E-state index in [1.807, 2.05) is 13.0 Å². The molecule has 0 aliphatic heterocycles. The Morgan fingerprint density at radius 1 is 1.16 bits per heavy atom. The molecule has 0 heterocycles. The Morgan fingerprint density at radius 3 is 2.26 bits per heavy atom. The van der Waals surface area contributed by atoms with Crippen molar-refractivity contribution in [2.45, 2.75) is 45.1 Å². The minimum atomic E-state index is -0.200. The number of aliphatic hydroxyl groups is 1. The van der Waals surface area contributed by atoms with E-state index in [0.29, 0.717) is 5.75 Å². The first kappa shape index (κ1) is 16.0. The summed E-state index contributed by atoms with van der Waals surface area (Å²) < 4.78 is 0. The normalized spacial score (nSPS) is 17.4. The molecule has 1 atom stereocenters. The van der Waals surface area contributed by atoms with E-state index in [0.717, 1.165) is 19.0 Å². The van der Waals surface area contributed by atoms with Crippen LogP contribution < -0.4 is 5.32 Å². The van der Waals surface area contributed by atoms with E-state index >= 15 is 0 Å². The van der Waals surface area contributed by atoms with E-state index in [1.165, 1.54) is 32.1 Å². The van der Waals surface area contributed by atoms with Gasteiger partial charge in [-0.15, -0.1) is 0 Å². The highest BCUT2D eigenvalue weighted by Crippen LogP contribution is 2.22. The second kappa shape index (κ2) is 9.82. The molecule has 19 heavy (non-hydrogen) atoms. The number of hydrogen-bond donors (Lipinski definition) is 3. The van der Waals surface area contributed by atoms with Crippen LogP contribution in [0.2, 0.25) is 0 Å². The summed E-state index contributed by atoms with van der Waals surface area (Å²) in [7, 11) is 0. The fraction of sp³-hybridized carbons (Fsp3) is 0.625. The number of aliphatic hydroxyl groups excluding tert-OH is 1. The predicted octanol–water partition coefficient (Wildman–Crippen LogP) is 2.93. The number of rotatable bonds is 4. The van der Waals surface area contributed by atoms with Crippen molar-refractivity contribution in [2.24, 2.45) is 5.92 Å². The van der Waals surface area contributed by atoms with Gasteiger partial charge >= 0.3 is 0 Å². The second-order valence-electron chi connectivity index (χ2n) is 5.35. The number of aromatic hydroxyl groups is 1. The summed E-state index contributed by atoms with van der Waals surface area (Å²) >= 11 is 0. The maximum Gasteiger partial charge on any atom is 0.115 e. The first-order valence-electron chi connectivity index (χ1n) is 7.31. The number of benzene rings is 1. The van der Waals surface area contributed by atoms with Crippen molar-refractivity contribution in [3.05, 3.63) is 30.3 Å². The van der Waals surface area contributed by atoms with E-state index in [4.69, 9.17) is 10.2 Å². The van der Waals surface area contributed by atoms with Gasteiger partial charge in [0, 0.05) is 6.54 Å². The number of hydrogen-bond acceptors (Lipinski definition) is 3. The lowest BCUT2D eigenvalue weighted by Gasteiger charge is -2.22. The minimum absolute atomic E-state index is 0.200. The number of para-hydroxylation sites is 1. The first-order chi connectivity index (χ1) is 9.18. The van der Waals surface area contributed by atoms with Crippen molar-refractivity contribution in [2.75, 3.05) is 13.1 Å². The SMILES string of the molecule is CC(O)CNCC1CCCCC1.Oc1ccccc1. The van der Waals surface area contributed by atoms with E-state index in [9.17, 15) is 0 Å². The van der Waals surface area contributed by atoms with E-state index < -0.39 is 0 Å². The smallest absolute Gasteiger partial charge is 0.115 e. The van der Waals surface area contributed by atoms with Crippen molar-refractivity contribution < 1.29 is 10.2 Å². The van der Waals surface area contributed by atoms with Gasteiger partial charge in [0.25, 0.3) is 0 Å². The van der Waals surface area contributed by atoms with Gasteiger partial charge in [-0.2, -0.15) is 0 Å². The van der Waals surface area contributed by atoms with Gasteiger partial charge in [-0.1, -0.05) is 37.5 Å². The minimum Gasteiger partial charge on any atom is -0.508 e. The molecule has 0 radical (unpaired) electrons. The number of phenols is 1. The molecule has 1 aromatic rings. The standard InChI is InChI=1S/C10H21NO.C6H6O/c1-9(12)7-11-8-10-5-3-2-4-6-10;7-6-4-2-1-3-5-6/h9-12H,2-8H2,1H3;1-5,7H. The maximum absolute atomic E-state index is 9.02. The van der Waals surface area contributed by atoms with Crippen LogP contribution in [0.4, 0.5) is 0 Å². The number of phenolic OH excluding ortho intramolecular Hbond substituents is 1. The summed E-state index contributed by atoms with van der Waals surface area (Å²) in [4.78, 5) is 0. The Hall–Kier alpha value is -1.06. The van der Waals surface area contributed by atoms with Gasteiger partial charge in [0.2, 0.25) is 0 Å². The van der Waals surface area contributed by atoms with Crippen molar-refractivity contribution in [1.82, 2.24) is 5.32 Å². The molecule has 0 saturated heterocycles. The third-order valence-corrected chi connectivity index (χ3v) is 3.35. The molecule has 1 unspecified atom stereocenters. The summed E-state index contributed by atoms with van der Waals surface area (Å²) in [5, 5.41) is 21.0. The monoisotopic (exact) mass is 265 g/mol. The lowest BCUT2D eigenvalue weighted by Crippen LogP contribution is -2.30. The molecule has 0 bridgehead atoms. The van der Waals surface area contributed by atoms with Crippen LogP contribution in [0.25, 0.3) is 0 Å². The van der Waals surface area contributed by atoms with Crippen LogP contribution in [-0.4, -0.2) is 29.4 Å². The van der Waals surface area contributed by atoms with E-state index in [-0.39, 0.29) is 6.10 Å². The van der Waals surface area contributed by atoms with Crippen LogP contribution in [0, 0.1) is 5.92 Å². The molecule has 1 fully saturated rings. The van der Waals surface area contributed by atoms with Crippen molar-refractivity contribution >= 4 is 0 Å². The van der Waals surface area contributed by atoms with Gasteiger partial charge in [0.05, 0.1) is 6.10 Å². The molecule has 2 rings (SSSR count). The molecule has 1 aliphatic carbocycles. The maximum atomic E-state index is 9.02. The van der Waals surface area contributed by atoms with Crippen LogP contribution >= 0.6 is 0 Å². The quantitative estimate of drug-likeness (QED) is 0.784. The van der Waals surface area contributed by atoms with Gasteiger partial charge in [-0.3, -0.25) is 0 Å². The summed E-state index contributed by atoms with van der Waals surface area (Å²) in [5.41, 5.74) is 0. The molecule has 0 aromatic heterocycles. The second-order valence-corrected chi connectivity index (χ2v) is 5.35. The third-order valence-electron chi connectivity index (χ3n) is 3.35. The highest BCUT2D eigenvalue weighted by molar-refractivity contribution is 5.18. The van der Waals surface area contributed by atoms with Gasteiger partial charge in [0.15, 0.2) is 0 Å². The zero-order chi connectivity index (χ0) is 13.9. The van der Waals surface area contributed by atoms with Gasteiger partial charge < -0.3 is 15.5 Å². The molecule has 1 aliphatic rings. The van der Waals surface area contributed by atoms with Crippen molar-refractivity contribution in [3.63, 3.8) is 0 Å². The zero-order valence-corrected chi connectivity index (χ0v) is 11.9. The van der Waals surface area contributed by atoms with E-state index in [1.54, 1.807) is 24.3 Å².